The number of hydrogen-bond donors (Lipinski definition) is 0. The fourth-order valence-corrected chi connectivity index (χ4v) is 1.56. The van der Waals surface area contributed by atoms with Crippen LogP contribution in [0.5, 0.6) is 0 Å². The molecular formula is C6H9NaO5S. The summed E-state index contributed by atoms with van der Waals surface area (Å²) in [4.78, 5) is 21.0. The second kappa shape index (κ2) is 5.87. The molecule has 0 aromatic carbocycles. The minimum absolute atomic E-state index is 0. The van der Waals surface area contributed by atoms with Gasteiger partial charge >= 0.3 is 29.6 Å². The Balaban J connectivity index is 0. The van der Waals surface area contributed by atoms with Crippen LogP contribution < -0.4 is 29.6 Å². The summed E-state index contributed by atoms with van der Waals surface area (Å²) in [5.41, 5.74) is 0. The predicted molar refractivity (Wildman–Crippen MR) is 39.5 cm³/mol. The SMILES string of the molecule is CC(=O)CC(C(C)=O)S(=O)(=O)[O-].[Na+]. The van der Waals surface area contributed by atoms with E-state index in [1.165, 1.54) is 0 Å². The van der Waals surface area contributed by atoms with Crippen molar-refractivity contribution in [2.45, 2.75) is 25.5 Å². The first-order valence-corrected chi connectivity index (χ1v) is 4.67. The molecule has 0 amide bonds. The zero-order valence-electron chi connectivity index (χ0n) is 7.73. The summed E-state index contributed by atoms with van der Waals surface area (Å²) in [5, 5.41) is -1.71. The average Bonchev–Trinajstić information content (AvgIpc) is 1.79. The van der Waals surface area contributed by atoms with E-state index in [-0.39, 0.29) is 29.6 Å². The Morgan fingerprint density at radius 3 is 1.77 bits per heavy atom. The summed E-state index contributed by atoms with van der Waals surface area (Å²) in [6, 6.07) is 0. The van der Waals surface area contributed by atoms with Crippen LogP contribution in [-0.4, -0.2) is 29.8 Å². The fraction of sp³-hybridized carbons (Fsp3) is 0.667. The van der Waals surface area contributed by atoms with E-state index in [1.54, 1.807) is 0 Å². The van der Waals surface area contributed by atoms with E-state index in [2.05, 4.69) is 0 Å². The Morgan fingerprint density at radius 1 is 1.31 bits per heavy atom. The molecule has 0 saturated heterocycles. The molecule has 0 spiro atoms. The van der Waals surface area contributed by atoms with Gasteiger partial charge in [0.2, 0.25) is 0 Å². The fourth-order valence-electron chi connectivity index (χ4n) is 0.710. The number of Topliss-reactive ketones (excluding diaryl/α,β-unsaturated/α-hetero) is 2. The minimum atomic E-state index is -4.68. The summed E-state index contributed by atoms with van der Waals surface area (Å²) >= 11 is 0. The largest absolute Gasteiger partial charge is 1.00 e. The maximum Gasteiger partial charge on any atom is 1.00 e. The van der Waals surface area contributed by atoms with Crippen molar-refractivity contribution < 1.29 is 52.1 Å². The molecule has 7 heteroatoms. The van der Waals surface area contributed by atoms with Gasteiger partial charge < -0.3 is 4.55 Å². The van der Waals surface area contributed by atoms with Crippen molar-refractivity contribution in [1.29, 1.82) is 0 Å². The molecule has 0 N–H and O–H groups in total. The van der Waals surface area contributed by atoms with E-state index in [9.17, 15) is 22.6 Å². The minimum Gasteiger partial charge on any atom is -0.747 e. The molecular weight excluding hydrogens is 207 g/mol. The Morgan fingerprint density at radius 2 is 1.69 bits per heavy atom. The van der Waals surface area contributed by atoms with Crippen molar-refractivity contribution in [3.63, 3.8) is 0 Å². The molecule has 0 fully saturated rings. The van der Waals surface area contributed by atoms with Gasteiger partial charge in [-0.05, 0) is 13.8 Å². The van der Waals surface area contributed by atoms with Crippen LogP contribution in [0.2, 0.25) is 0 Å². The molecule has 0 bridgehead atoms. The van der Waals surface area contributed by atoms with Gasteiger partial charge in [0.25, 0.3) is 0 Å². The van der Waals surface area contributed by atoms with Crippen LogP contribution in [0.15, 0.2) is 0 Å². The van der Waals surface area contributed by atoms with Gasteiger partial charge in [0.15, 0.2) is 0 Å². The smallest absolute Gasteiger partial charge is 0.747 e. The summed E-state index contributed by atoms with van der Waals surface area (Å²) in [6.07, 6.45) is -0.527. The van der Waals surface area contributed by atoms with Crippen molar-refractivity contribution in [2.75, 3.05) is 0 Å². The van der Waals surface area contributed by atoms with Gasteiger partial charge in [-0.2, -0.15) is 0 Å². The van der Waals surface area contributed by atoms with Crippen molar-refractivity contribution >= 4 is 21.7 Å². The van der Waals surface area contributed by atoms with Crippen LogP contribution in [0.3, 0.4) is 0 Å². The molecule has 0 aliphatic rings. The quantitative estimate of drug-likeness (QED) is 0.359. The maximum atomic E-state index is 10.6. The third kappa shape index (κ3) is 6.34. The van der Waals surface area contributed by atoms with Crippen LogP contribution in [0, 0.1) is 0 Å². The Hall–Kier alpha value is 0.250. The molecule has 0 aliphatic carbocycles. The van der Waals surface area contributed by atoms with Crippen LogP contribution in [0.4, 0.5) is 0 Å². The molecule has 0 heterocycles. The Kier molecular flexibility index (Phi) is 7.10. The molecule has 13 heavy (non-hydrogen) atoms. The van der Waals surface area contributed by atoms with Gasteiger partial charge in [-0.1, -0.05) is 0 Å². The van der Waals surface area contributed by atoms with Gasteiger partial charge in [-0.15, -0.1) is 0 Å². The van der Waals surface area contributed by atoms with Crippen LogP contribution >= 0.6 is 0 Å². The van der Waals surface area contributed by atoms with Gasteiger partial charge in [-0.3, -0.25) is 9.59 Å². The summed E-state index contributed by atoms with van der Waals surface area (Å²) in [6.45, 7) is 2.10. The molecule has 0 aromatic heterocycles. The van der Waals surface area contributed by atoms with Gasteiger partial charge in [0, 0.05) is 6.42 Å². The van der Waals surface area contributed by atoms with Crippen LogP contribution in [-0.2, 0) is 19.7 Å². The first-order valence-electron chi connectivity index (χ1n) is 3.19. The molecule has 1 unspecified atom stereocenters. The topological polar surface area (TPSA) is 91.3 Å². The van der Waals surface area contributed by atoms with Crippen molar-refractivity contribution in [3.8, 4) is 0 Å². The summed E-state index contributed by atoms with van der Waals surface area (Å²) in [7, 11) is -4.68. The van der Waals surface area contributed by atoms with Gasteiger partial charge in [-0.25, -0.2) is 8.42 Å². The van der Waals surface area contributed by atoms with Crippen molar-refractivity contribution in [2.24, 2.45) is 0 Å². The third-order valence-corrected chi connectivity index (χ3v) is 2.47. The third-order valence-electron chi connectivity index (χ3n) is 1.27. The number of carbonyl (C=O) groups is 2. The summed E-state index contributed by atoms with van der Waals surface area (Å²) < 4.78 is 31.1. The molecule has 1 atom stereocenters. The van der Waals surface area contributed by atoms with E-state index in [4.69, 9.17) is 0 Å². The molecule has 0 aromatic rings. The number of hydrogen-bond acceptors (Lipinski definition) is 5. The predicted octanol–water partition coefficient (Wildman–Crippen LogP) is -3.53. The van der Waals surface area contributed by atoms with E-state index in [0.29, 0.717) is 0 Å². The number of ketones is 2. The monoisotopic (exact) mass is 216 g/mol. The first kappa shape index (κ1) is 15.7. The van der Waals surface area contributed by atoms with E-state index in [1.807, 2.05) is 0 Å². The van der Waals surface area contributed by atoms with E-state index >= 15 is 0 Å². The zero-order chi connectivity index (χ0) is 9.94. The first-order chi connectivity index (χ1) is 5.25. The zero-order valence-corrected chi connectivity index (χ0v) is 10.6. The number of carbonyl (C=O) groups excluding carboxylic acids is 2. The second-order valence-electron chi connectivity index (χ2n) is 2.50. The van der Waals surface area contributed by atoms with Crippen molar-refractivity contribution in [3.05, 3.63) is 0 Å². The van der Waals surface area contributed by atoms with E-state index in [0.717, 1.165) is 13.8 Å². The van der Waals surface area contributed by atoms with Crippen LogP contribution in [0.25, 0.3) is 0 Å². The summed E-state index contributed by atoms with van der Waals surface area (Å²) in [5.74, 6) is -1.28. The molecule has 70 valence electrons. The average molecular weight is 216 g/mol. The normalized spacial score (nSPS) is 12.8. The van der Waals surface area contributed by atoms with E-state index < -0.39 is 33.4 Å². The Bertz CT molecular complexity index is 294. The maximum absolute atomic E-state index is 10.6. The molecule has 0 rings (SSSR count). The molecule has 0 radical (unpaired) electrons. The molecule has 0 aliphatic heterocycles. The van der Waals surface area contributed by atoms with Gasteiger partial charge in [0.05, 0.1) is 0 Å². The Labute approximate surface area is 98.9 Å². The standard InChI is InChI=1S/C6H10O5S.Na/c1-4(7)3-6(5(2)8)12(9,10)11;/h6H,3H2,1-2H3,(H,9,10,11);/q;+1/p-1. The number of rotatable bonds is 4. The second-order valence-corrected chi connectivity index (χ2v) is 4.05. The van der Waals surface area contributed by atoms with Crippen molar-refractivity contribution in [1.82, 2.24) is 0 Å². The van der Waals surface area contributed by atoms with Gasteiger partial charge in [0.1, 0.15) is 26.9 Å². The van der Waals surface area contributed by atoms with Crippen LogP contribution in [0.1, 0.15) is 20.3 Å². The molecule has 0 saturated carbocycles. The molecule has 5 nitrogen and oxygen atoms in total.